The number of fused-ring (bicyclic) bond motifs is 1. The number of sulfonamides is 2. The summed E-state index contributed by atoms with van der Waals surface area (Å²) >= 11 is 1.19. The van der Waals surface area contributed by atoms with Crippen molar-refractivity contribution in [2.45, 2.75) is 29.0 Å². The molecule has 1 aliphatic rings. The molecule has 1 aromatic heterocycles. The largest absolute Gasteiger partial charge is 0.494 e. The van der Waals surface area contributed by atoms with E-state index in [4.69, 9.17) is 4.74 Å². The number of hydrogen-bond acceptors (Lipinski definition) is 6. The molecule has 1 N–H and O–H groups in total. The molecule has 0 bridgehead atoms. The summed E-state index contributed by atoms with van der Waals surface area (Å²) in [4.78, 5) is 0.121. The number of ether oxygens (including phenoxy) is 1. The second-order valence-electron chi connectivity index (χ2n) is 7.01. The van der Waals surface area contributed by atoms with Crippen molar-refractivity contribution in [3.05, 3.63) is 71.1 Å². The van der Waals surface area contributed by atoms with Gasteiger partial charge in [-0.25, -0.2) is 16.8 Å². The van der Waals surface area contributed by atoms with E-state index in [2.05, 4.69) is 4.72 Å². The summed E-state index contributed by atoms with van der Waals surface area (Å²) in [7, 11) is -7.34. The molecular weight excluding hydrogens is 456 g/mol. The van der Waals surface area contributed by atoms with Crippen molar-refractivity contribution in [1.82, 2.24) is 4.31 Å². The molecule has 0 radical (unpaired) electrons. The molecule has 164 valence electrons. The summed E-state index contributed by atoms with van der Waals surface area (Å²) in [6.07, 6.45) is 0.575. The minimum atomic E-state index is -3.78. The number of thiophene rings is 1. The molecule has 0 spiro atoms. The van der Waals surface area contributed by atoms with E-state index in [1.165, 1.54) is 27.8 Å². The molecule has 3 aromatic rings. The van der Waals surface area contributed by atoms with Gasteiger partial charge in [0.1, 0.15) is 9.96 Å². The number of hydrogen-bond donors (Lipinski definition) is 1. The first-order chi connectivity index (χ1) is 14.8. The molecule has 0 amide bonds. The second kappa shape index (κ2) is 8.62. The Balaban J connectivity index is 1.54. The maximum atomic E-state index is 12.8. The molecule has 2 heterocycles. The smallest absolute Gasteiger partial charge is 0.261 e. The van der Waals surface area contributed by atoms with Crippen LogP contribution in [0.15, 0.2) is 69.1 Å². The molecule has 0 unspecified atom stereocenters. The second-order valence-corrected chi connectivity index (χ2v) is 11.8. The van der Waals surface area contributed by atoms with E-state index in [1.54, 1.807) is 41.8 Å². The number of nitrogens with zero attached hydrogens (tertiary/aromatic N) is 1. The maximum absolute atomic E-state index is 12.8. The third-order valence-corrected chi connectivity index (χ3v) is 9.59. The predicted octanol–water partition coefficient (Wildman–Crippen LogP) is 3.69. The van der Waals surface area contributed by atoms with Crippen LogP contribution in [0.5, 0.6) is 5.75 Å². The Hall–Kier alpha value is -2.40. The highest BCUT2D eigenvalue weighted by Gasteiger charge is 2.29. The van der Waals surface area contributed by atoms with Gasteiger partial charge in [0, 0.05) is 18.8 Å². The Kier molecular flexibility index (Phi) is 6.07. The van der Waals surface area contributed by atoms with Crippen molar-refractivity contribution in [3.63, 3.8) is 0 Å². The molecule has 0 saturated carbocycles. The highest BCUT2D eigenvalue weighted by Crippen LogP contribution is 2.29. The Morgan fingerprint density at radius 1 is 1.03 bits per heavy atom. The van der Waals surface area contributed by atoms with Crippen molar-refractivity contribution in [1.29, 1.82) is 0 Å². The predicted molar refractivity (Wildman–Crippen MR) is 120 cm³/mol. The van der Waals surface area contributed by atoms with Crippen LogP contribution in [0.2, 0.25) is 0 Å². The number of nitrogens with one attached hydrogen (secondary N) is 1. The normalized spacial score (nSPS) is 14.7. The van der Waals surface area contributed by atoms with E-state index in [0.29, 0.717) is 35.2 Å². The van der Waals surface area contributed by atoms with Gasteiger partial charge in [0.2, 0.25) is 0 Å². The van der Waals surface area contributed by atoms with Gasteiger partial charge in [-0.1, -0.05) is 12.1 Å². The molecule has 7 nitrogen and oxygen atoms in total. The van der Waals surface area contributed by atoms with Crippen LogP contribution in [0.1, 0.15) is 18.1 Å². The number of anilines is 1. The third kappa shape index (κ3) is 4.62. The average molecular weight is 479 g/mol. The molecule has 1 aliphatic heterocycles. The van der Waals surface area contributed by atoms with Gasteiger partial charge >= 0.3 is 0 Å². The van der Waals surface area contributed by atoms with Crippen LogP contribution in [-0.4, -0.2) is 34.3 Å². The fraction of sp³-hybridized carbons (Fsp3) is 0.238. The van der Waals surface area contributed by atoms with Gasteiger partial charge < -0.3 is 4.74 Å². The van der Waals surface area contributed by atoms with Crippen LogP contribution in [-0.2, 0) is 33.0 Å². The summed E-state index contributed by atoms with van der Waals surface area (Å²) in [5.41, 5.74) is 2.20. The molecule has 10 heteroatoms. The van der Waals surface area contributed by atoms with Crippen molar-refractivity contribution in [2.75, 3.05) is 17.9 Å². The van der Waals surface area contributed by atoms with Gasteiger partial charge in [-0.2, -0.15) is 4.31 Å². The molecular formula is C21H22N2O5S3. The molecule has 0 atom stereocenters. The van der Waals surface area contributed by atoms with E-state index in [1.807, 2.05) is 13.0 Å². The van der Waals surface area contributed by atoms with Gasteiger partial charge in [0.05, 0.1) is 11.5 Å². The minimum absolute atomic E-state index is 0.121. The summed E-state index contributed by atoms with van der Waals surface area (Å²) in [6, 6.07) is 14.8. The van der Waals surface area contributed by atoms with Crippen molar-refractivity contribution in [2.24, 2.45) is 0 Å². The SMILES string of the molecule is CCOc1ccc(S(=O)(=O)Nc2ccc3c(c2)CN(S(=O)(=O)c2cccs2)CC3)cc1. The maximum Gasteiger partial charge on any atom is 0.261 e. The lowest BCUT2D eigenvalue weighted by atomic mass is 10.0. The van der Waals surface area contributed by atoms with Gasteiger partial charge in [-0.05, 0) is 72.3 Å². The molecule has 0 aliphatic carbocycles. The summed E-state index contributed by atoms with van der Waals surface area (Å²) in [6.45, 7) is 2.95. The van der Waals surface area contributed by atoms with Crippen molar-refractivity contribution < 1.29 is 21.6 Å². The van der Waals surface area contributed by atoms with Crippen molar-refractivity contribution in [3.8, 4) is 5.75 Å². The van der Waals surface area contributed by atoms with Crippen LogP contribution in [0.4, 0.5) is 5.69 Å². The third-order valence-electron chi connectivity index (χ3n) is 4.97. The van der Waals surface area contributed by atoms with Crippen LogP contribution in [0.3, 0.4) is 0 Å². The Morgan fingerprint density at radius 2 is 1.81 bits per heavy atom. The van der Waals surface area contributed by atoms with Crippen LogP contribution < -0.4 is 9.46 Å². The topological polar surface area (TPSA) is 92.8 Å². The van der Waals surface area contributed by atoms with Crippen LogP contribution >= 0.6 is 11.3 Å². The van der Waals surface area contributed by atoms with Crippen LogP contribution in [0.25, 0.3) is 0 Å². The van der Waals surface area contributed by atoms with Crippen molar-refractivity contribution >= 4 is 37.1 Å². The summed E-state index contributed by atoms with van der Waals surface area (Å²) in [5, 5.41) is 1.73. The van der Waals surface area contributed by atoms with Crippen LogP contribution in [0, 0.1) is 0 Å². The Labute approximate surface area is 186 Å². The lowest BCUT2D eigenvalue weighted by Gasteiger charge is -2.28. The van der Waals surface area contributed by atoms with Gasteiger partial charge in [-0.15, -0.1) is 11.3 Å². The Bertz CT molecular complexity index is 1270. The molecule has 0 saturated heterocycles. The summed E-state index contributed by atoms with van der Waals surface area (Å²) < 4.78 is 60.9. The van der Waals surface area contributed by atoms with E-state index in [0.717, 1.165) is 11.1 Å². The molecule has 4 rings (SSSR count). The minimum Gasteiger partial charge on any atom is -0.494 e. The monoisotopic (exact) mass is 478 g/mol. The van der Waals surface area contributed by atoms with E-state index in [9.17, 15) is 16.8 Å². The number of rotatable bonds is 7. The first-order valence-electron chi connectivity index (χ1n) is 9.71. The fourth-order valence-electron chi connectivity index (χ4n) is 3.43. The fourth-order valence-corrected chi connectivity index (χ4v) is 7.05. The van der Waals surface area contributed by atoms with E-state index >= 15 is 0 Å². The highest BCUT2D eigenvalue weighted by atomic mass is 32.2. The zero-order valence-electron chi connectivity index (χ0n) is 16.8. The number of benzene rings is 2. The van der Waals surface area contributed by atoms with E-state index in [-0.39, 0.29) is 11.4 Å². The van der Waals surface area contributed by atoms with E-state index < -0.39 is 20.0 Å². The first kappa shape index (κ1) is 21.8. The standard InChI is InChI=1S/C21H22N2O5S3/c1-2-28-19-7-9-20(10-8-19)30(24,25)22-18-6-5-16-11-12-23(15-17(16)14-18)31(26,27)21-4-3-13-29-21/h3-10,13-14,22H,2,11-12,15H2,1H3. The lowest BCUT2D eigenvalue weighted by molar-refractivity contribution is 0.340. The summed E-state index contributed by atoms with van der Waals surface area (Å²) in [5.74, 6) is 0.599. The first-order valence-corrected chi connectivity index (χ1v) is 13.5. The average Bonchev–Trinajstić information content (AvgIpc) is 3.29. The zero-order chi connectivity index (χ0) is 22.1. The van der Waals surface area contributed by atoms with Gasteiger partial charge in [0.15, 0.2) is 0 Å². The van der Waals surface area contributed by atoms with Gasteiger partial charge in [-0.3, -0.25) is 4.72 Å². The quantitative estimate of drug-likeness (QED) is 0.559. The zero-order valence-corrected chi connectivity index (χ0v) is 19.3. The van der Waals surface area contributed by atoms with Gasteiger partial charge in [0.25, 0.3) is 20.0 Å². The molecule has 31 heavy (non-hydrogen) atoms. The lowest BCUT2D eigenvalue weighted by Crippen LogP contribution is -2.35. The molecule has 0 fully saturated rings. The highest BCUT2D eigenvalue weighted by molar-refractivity contribution is 7.92. The Morgan fingerprint density at radius 3 is 2.48 bits per heavy atom. The molecule has 2 aromatic carbocycles.